The Morgan fingerprint density at radius 3 is 2.52 bits per heavy atom. The highest BCUT2D eigenvalue weighted by Crippen LogP contribution is 2.11. The van der Waals surface area contributed by atoms with E-state index in [0.29, 0.717) is 11.4 Å². The summed E-state index contributed by atoms with van der Waals surface area (Å²) in [6, 6.07) is 10.7. The molecular formula is C15H21N3O2S. The van der Waals surface area contributed by atoms with Crippen LogP contribution in [0.5, 0.6) is 0 Å². The minimum absolute atomic E-state index is 0.0905. The van der Waals surface area contributed by atoms with Crippen molar-refractivity contribution in [3.63, 3.8) is 0 Å². The first-order valence-corrected chi connectivity index (χ1v) is 8.66. The zero-order valence-corrected chi connectivity index (χ0v) is 13.1. The van der Waals surface area contributed by atoms with Crippen LogP contribution in [0, 0.1) is 0 Å². The molecule has 1 heterocycles. The number of aromatic nitrogens is 2. The lowest BCUT2D eigenvalue weighted by atomic mass is 10.2. The third-order valence-corrected chi connectivity index (χ3v) is 5.34. The SMILES string of the molecule is C[C@H]([C@@H](C)NCCS(=O)(=O)c1ccccc1)n1cccn1. The van der Waals surface area contributed by atoms with Crippen molar-refractivity contribution in [3.8, 4) is 0 Å². The van der Waals surface area contributed by atoms with Crippen molar-refractivity contribution in [1.82, 2.24) is 15.1 Å². The highest BCUT2D eigenvalue weighted by atomic mass is 32.2. The molecule has 1 aromatic heterocycles. The molecule has 2 atom stereocenters. The first-order valence-electron chi connectivity index (χ1n) is 7.01. The van der Waals surface area contributed by atoms with Gasteiger partial charge in [-0.05, 0) is 32.0 Å². The fraction of sp³-hybridized carbons (Fsp3) is 0.400. The topological polar surface area (TPSA) is 64.0 Å². The molecule has 0 saturated heterocycles. The predicted molar refractivity (Wildman–Crippen MR) is 82.9 cm³/mol. The van der Waals surface area contributed by atoms with E-state index in [2.05, 4.69) is 17.3 Å². The smallest absolute Gasteiger partial charge is 0.179 e. The summed E-state index contributed by atoms with van der Waals surface area (Å²) in [7, 11) is -3.22. The summed E-state index contributed by atoms with van der Waals surface area (Å²) in [5.74, 6) is 0.0905. The van der Waals surface area contributed by atoms with Crippen LogP contribution in [0.1, 0.15) is 19.9 Å². The van der Waals surface area contributed by atoms with Crippen molar-refractivity contribution in [1.29, 1.82) is 0 Å². The van der Waals surface area contributed by atoms with E-state index in [1.54, 1.807) is 30.5 Å². The van der Waals surface area contributed by atoms with Gasteiger partial charge in [0.1, 0.15) is 0 Å². The van der Waals surface area contributed by atoms with Gasteiger partial charge in [0.05, 0.1) is 16.7 Å². The summed E-state index contributed by atoms with van der Waals surface area (Å²) in [4.78, 5) is 0.375. The number of hydrogen-bond donors (Lipinski definition) is 1. The van der Waals surface area contributed by atoms with Gasteiger partial charge in [0.15, 0.2) is 9.84 Å². The van der Waals surface area contributed by atoms with Gasteiger partial charge < -0.3 is 5.32 Å². The lowest BCUT2D eigenvalue weighted by Crippen LogP contribution is -2.36. The molecule has 5 nitrogen and oxygen atoms in total. The van der Waals surface area contributed by atoms with Crippen LogP contribution in [-0.2, 0) is 9.84 Å². The van der Waals surface area contributed by atoms with E-state index in [9.17, 15) is 8.42 Å². The maximum Gasteiger partial charge on any atom is 0.179 e. The Balaban J connectivity index is 1.87. The monoisotopic (exact) mass is 307 g/mol. The van der Waals surface area contributed by atoms with Crippen LogP contribution in [0.15, 0.2) is 53.7 Å². The van der Waals surface area contributed by atoms with Crippen LogP contribution in [0.25, 0.3) is 0 Å². The molecule has 0 radical (unpaired) electrons. The standard InChI is InChI=1S/C15H21N3O2S/c1-13(14(2)18-11-6-9-17-18)16-10-12-21(19,20)15-7-4-3-5-8-15/h3-9,11,13-14,16H,10,12H2,1-2H3/t13-,14-/m1/s1. The van der Waals surface area contributed by atoms with Crippen LogP contribution >= 0.6 is 0 Å². The molecular weight excluding hydrogens is 286 g/mol. The maximum absolute atomic E-state index is 12.2. The molecule has 2 rings (SSSR count). The number of nitrogens with zero attached hydrogens (tertiary/aromatic N) is 2. The normalized spacial score (nSPS) is 14.8. The molecule has 6 heteroatoms. The maximum atomic E-state index is 12.2. The van der Waals surface area contributed by atoms with Crippen molar-refractivity contribution in [2.75, 3.05) is 12.3 Å². The molecule has 2 aromatic rings. The molecule has 1 N–H and O–H groups in total. The molecule has 0 spiro atoms. The second-order valence-corrected chi connectivity index (χ2v) is 7.21. The Morgan fingerprint density at radius 1 is 1.19 bits per heavy atom. The van der Waals surface area contributed by atoms with Crippen LogP contribution in [-0.4, -0.2) is 36.5 Å². The Bertz CT molecular complexity index is 639. The molecule has 0 saturated carbocycles. The van der Waals surface area contributed by atoms with Crippen LogP contribution in [0.4, 0.5) is 0 Å². The first-order chi connectivity index (χ1) is 10.0. The van der Waals surface area contributed by atoms with E-state index in [0.717, 1.165) is 0 Å². The van der Waals surface area contributed by atoms with E-state index < -0.39 is 9.84 Å². The molecule has 0 aliphatic rings. The minimum Gasteiger partial charge on any atom is -0.311 e. The van der Waals surface area contributed by atoms with E-state index >= 15 is 0 Å². The van der Waals surface area contributed by atoms with Gasteiger partial charge in [-0.15, -0.1) is 0 Å². The largest absolute Gasteiger partial charge is 0.311 e. The predicted octanol–water partition coefficient (Wildman–Crippen LogP) is 1.90. The van der Waals surface area contributed by atoms with E-state index in [1.165, 1.54) is 0 Å². The van der Waals surface area contributed by atoms with Gasteiger partial charge in [0.2, 0.25) is 0 Å². The molecule has 1 aromatic carbocycles. The second-order valence-electron chi connectivity index (χ2n) is 5.10. The Hall–Kier alpha value is -1.66. The van der Waals surface area contributed by atoms with E-state index in [4.69, 9.17) is 0 Å². The quantitative estimate of drug-likeness (QED) is 0.848. The zero-order valence-electron chi connectivity index (χ0n) is 12.3. The second kappa shape index (κ2) is 6.87. The van der Waals surface area contributed by atoms with Gasteiger partial charge in [-0.2, -0.15) is 5.10 Å². The van der Waals surface area contributed by atoms with Crippen molar-refractivity contribution in [2.24, 2.45) is 0 Å². The summed E-state index contributed by atoms with van der Waals surface area (Å²) in [5, 5.41) is 7.46. The van der Waals surface area contributed by atoms with E-state index in [1.807, 2.05) is 29.9 Å². The van der Waals surface area contributed by atoms with Crippen molar-refractivity contribution in [3.05, 3.63) is 48.8 Å². The molecule has 21 heavy (non-hydrogen) atoms. The zero-order chi connectivity index (χ0) is 15.3. The summed E-state index contributed by atoms with van der Waals surface area (Å²) in [6.07, 6.45) is 3.65. The lowest BCUT2D eigenvalue weighted by Gasteiger charge is -2.21. The third-order valence-electron chi connectivity index (χ3n) is 3.61. The highest BCUT2D eigenvalue weighted by molar-refractivity contribution is 7.91. The molecule has 0 unspecified atom stereocenters. The number of hydrogen-bond acceptors (Lipinski definition) is 4. The number of sulfone groups is 1. The summed E-state index contributed by atoms with van der Waals surface area (Å²) in [5.41, 5.74) is 0. The average Bonchev–Trinajstić information content (AvgIpc) is 3.01. The Labute approximate surface area is 125 Å². The van der Waals surface area contributed by atoms with Gasteiger partial charge in [-0.1, -0.05) is 18.2 Å². The number of nitrogens with one attached hydrogen (secondary N) is 1. The number of benzene rings is 1. The van der Waals surface area contributed by atoms with E-state index in [-0.39, 0.29) is 17.8 Å². The molecule has 0 aliphatic heterocycles. The lowest BCUT2D eigenvalue weighted by molar-refractivity contribution is 0.372. The molecule has 0 amide bonds. The molecule has 114 valence electrons. The molecule has 0 bridgehead atoms. The van der Waals surface area contributed by atoms with Crippen LogP contribution in [0.3, 0.4) is 0 Å². The van der Waals surface area contributed by atoms with Crippen LogP contribution < -0.4 is 5.32 Å². The summed E-state index contributed by atoms with van der Waals surface area (Å²) < 4.78 is 26.2. The van der Waals surface area contributed by atoms with Crippen molar-refractivity contribution >= 4 is 9.84 Å². The average molecular weight is 307 g/mol. The molecule has 0 fully saturated rings. The van der Waals surface area contributed by atoms with Crippen molar-refractivity contribution < 1.29 is 8.42 Å². The number of rotatable bonds is 7. The summed E-state index contributed by atoms with van der Waals surface area (Å²) in [6.45, 7) is 4.50. The van der Waals surface area contributed by atoms with Gasteiger partial charge in [-0.3, -0.25) is 4.68 Å². The molecule has 0 aliphatic carbocycles. The summed E-state index contributed by atoms with van der Waals surface area (Å²) >= 11 is 0. The van der Waals surface area contributed by atoms with Gasteiger partial charge in [0.25, 0.3) is 0 Å². The van der Waals surface area contributed by atoms with Crippen LogP contribution in [0.2, 0.25) is 0 Å². The third kappa shape index (κ3) is 4.15. The fourth-order valence-corrected chi connectivity index (χ4v) is 3.28. The Morgan fingerprint density at radius 2 is 1.90 bits per heavy atom. The van der Waals surface area contributed by atoms with Crippen molar-refractivity contribution in [2.45, 2.75) is 30.8 Å². The fourth-order valence-electron chi connectivity index (χ4n) is 2.09. The van der Waals surface area contributed by atoms with Gasteiger partial charge >= 0.3 is 0 Å². The van der Waals surface area contributed by atoms with Gasteiger partial charge in [0, 0.05) is 25.0 Å². The first kappa shape index (κ1) is 15.7. The Kier molecular flexibility index (Phi) is 5.14. The highest BCUT2D eigenvalue weighted by Gasteiger charge is 2.17. The minimum atomic E-state index is -3.22. The van der Waals surface area contributed by atoms with Gasteiger partial charge in [-0.25, -0.2) is 8.42 Å².